The maximum atomic E-state index is 11.8. The van der Waals surface area contributed by atoms with Gasteiger partial charge in [-0.25, -0.2) is 4.98 Å². The molecule has 27 heavy (non-hydrogen) atoms. The second kappa shape index (κ2) is 9.32. The molecular formula is C19H31N5O3. The van der Waals surface area contributed by atoms with Crippen LogP contribution in [0, 0.1) is 0 Å². The minimum atomic E-state index is -0.557. The van der Waals surface area contributed by atoms with E-state index in [0.29, 0.717) is 30.3 Å². The standard InChI is InChI=1S/C19H31N5O3/c1-27-15-8-6-12(7-9-15)23-19-21-11-16(17(20)26)18(24-19)22-13-4-2-3-5-14(25)10-13/h11-15,25H,2-10H2,1H3,(H2,20,26)(H2,21,22,23,24)/t12-,13-,14-,15+/m0/s1. The molecule has 0 saturated heterocycles. The van der Waals surface area contributed by atoms with E-state index in [9.17, 15) is 9.90 Å². The number of aliphatic hydroxyl groups excluding tert-OH is 1. The van der Waals surface area contributed by atoms with Gasteiger partial charge in [-0.1, -0.05) is 12.8 Å². The molecule has 1 heterocycles. The SMILES string of the molecule is CO[C@H]1CC[C@@H](Nc2ncc(C(N)=O)c(N[C@H]3CCCC[C@H](O)C3)n2)CC1. The molecule has 0 spiro atoms. The molecule has 0 aliphatic heterocycles. The average molecular weight is 377 g/mol. The molecule has 1 aromatic rings. The van der Waals surface area contributed by atoms with Crippen LogP contribution in [-0.2, 0) is 4.74 Å². The van der Waals surface area contributed by atoms with E-state index in [1.165, 1.54) is 6.20 Å². The third-order valence-electron chi connectivity index (χ3n) is 5.63. The quantitative estimate of drug-likeness (QED) is 0.560. The molecule has 2 aliphatic carbocycles. The van der Waals surface area contributed by atoms with E-state index in [1.807, 2.05) is 0 Å². The van der Waals surface area contributed by atoms with E-state index < -0.39 is 5.91 Å². The summed E-state index contributed by atoms with van der Waals surface area (Å²) in [6.07, 6.45) is 9.97. The number of aromatic nitrogens is 2. The van der Waals surface area contributed by atoms with Crippen molar-refractivity contribution in [3.05, 3.63) is 11.8 Å². The number of aliphatic hydroxyl groups is 1. The first-order valence-corrected chi connectivity index (χ1v) is 9.96. The molecule has 2 saturated carbocycles. The summed E-state index contributed by atoms with van der Waals surface area (Å²) in [5.41, 5.74) is 5.78. The molecule has 8 nitrogen and oxygen atoms in total. The number of anilines is 2. The topological polar surface area (TPSA) is 122 Å². The van der Waals surface area contributed by atoms with Crippen molar-refractivity contribution in [1.82, 2.24) is 9.97 Å². The predicted molar refractivity (Wildman–Crippen MR) is 104 cm³/mol. The Morgan fingerprint density at radius 2 is 1.89 bits per heavy atom. The fraction of sp³-hybridized carbons (Fsp3) is 0.737. The highest BCUT2D eigenvalue weighted by Gasteiger charge is 2.24. The van der Waals surface area contributed by atoms with Crippen molar-refractivity contribution < 1.29 is 14.6 Å². The average Bonchev–Trinajstić information content (AvgIpc) is 2.86. The summed E-state index contributed by atoms with van der Waals surface area (Å²) in [7, 11) is 1.76. The van der Waals surface area contributed by atoms with E-state index in [4.69, 9.17) is 10.5 Å². The molecule has 0 unspecified atom stereocenters. The van der Waals surface area contributed by atoms with Gasteiger partial charge in [0.05, 0.1) is 17.8 Å². The Morgan fingerprint density at radius 1 is 1.15 bits per heavy atom. The first kappa shape index (κ1) is 19.8. The van der Waals surface area contributed by atoms with Crippen LogP contribution in [0.3, 0.4) is 0 Å². The zero-order chi connectivity index (χ0) is 19.2. The van der Waals surface area contributed by atoms with Gasteiger partial charge in [0.1, 0.15) is 5.82 Å². The van der Waals surface area contributed by atoms with Crippen molar-refractivity contribution in [2.75, 3.05) is 17.7 Å². The number of hydrogen-bond donors (Lipinski definition) is 4. The molecule has 150 valence electrons. The summed E-state index contributed by atoms with van der Waals surface area (Å²) in [5, 5.41) is 16.7. The van der Waals surface area contributed by atoms with Crippen LogP contribution in [0.4, 0.5) is 11.8 Å². The maximum absolute atomic E-state index is 11.8. The molecular weight excluding hydrogens is 346 g/mol. The number of ether oxygens (including phenoxy) is 1. The van der Waals surface area contributed by atoms with Crippen LogP contribution >= 0.6 is 0 Å². The van der Waals surface area contributed by atoms with Crippen molar-refractivity contribution in [3.8, 4) is 0 Å². The largest absolute Gasteiger partial charge is 0.393 e. The lowest BCUT2D eigenvalue weighted by Gasteiger charge is -2.28. The number of carbonyl (C=O) groups is 1. The van der Waals surface area contributed by atoms with Gasteiger partial charge in [0.25, 0.3) is 5.91 Å². The Labute approximate surface area is 160 Å². The van der Waals surface area contributed by atoms with Crippen LogP contribution in [0.2, 0.25) is 0 Å². The number of amides is 1. The second-order valence-corrected chi connectivity index (χ2v) is 7.69. The Balaban J connectivity index is 1.69. The Morgan fingerprint density at radius 3 is 2.59 bits per heavy atom. The molecule has 0 radical (unpaired) electrons. The summed E-state index contributed by atoms with van der Waals surface area (Å²) in [6.45, 7) is 0. The first-order valence-electron chi connectivity index (χ1n) is 9.96. The smallest absolute Gasteiger partial charge is 0.254 e. The van der Waals surface area contributed by atoms with Crippen molar-refractivity contribution in [2.24, 2.45) is 5.73 Å². The molecule has 5 N–H and O–H groups in total. The van der Waals surface area contributed by atoms with Crippen molar-refractivity contribution in [1.29, 1.82) is 0 Å². The zero-order valence-electron chi connectivity index (χ0n) is 16.0. The van der Waals surface area contributed by atoms with Gasteiger partial charge in [-0.05, 0) is 44.9 Å². The lowest BCUT2D eigenvalue weighted by atomic mass is 9.93. The number of methoxy groups -OCH3 is 1. The number of nitrogens with two attached hydrogens (primary N) is 1. The zero-order valence-corrected chi connectivity index (χ0v) is 16.0. The van der Waals surface area contributed by atoms with Crippen LogP contribution < -0.4 is 16.4 Å². The lowest BCUT2D eigenvalue weighted by Crippen LogP contribution is -2.30. The molecule has 1 amide bonds. The van der Waals surface area contributed by atoms with Crippen molar-refractivity contribution >= 4 is 17.7 Å². The first-order chi connectivity index (χ1) is 13.0. The third kappa shape index (κ3) is 5.52. The normalized spacial score (nSPS) is 29.0. The van der Waals surface area contributed by atoms with Crippen LogP contribution in [-0.4, -0.2) is 52.4 Å². The minimum absolute atomic E-state index is 0.0699. The monoisotopic (exact) mass is 377 g/mol. The van der Waals surface area contributed by atoms with Gasteiger partial charge in [-0.2, -0.15) is 4.98 Å². The summed E-state index contributed by atoms with van der Waals surface area (Å²) < 4.78 is 5.41. The van der Waals surface area contributed by atoms with Crippen molar-refractivity contribution in [3.63, 3.8) is 0 Å². The van der Waals surface area contributed by atoms with Crippen LogP contribution in [0.25, 0.3) is 0 Å². The molecule has 2 aliphatic rings. The number of hydrogen-bond acceptors (Lipinski definition) is 7. The number of nitrogens with one attached hydrogen (secondary N) is 2. The van der Waals surface area contributed by atoms with E-state index in [-0.39, 0.29) is 17.7 Å². The molecule has 0 aromatic carbocycles. The van der Waals surface area contributed by atoms with Gasteiger partial charge >= 0.3 is 0 Å². The molecule has 1 aromatic heterocycles. The number of carbonyl (C=O) groups excluding carboxylic acids is 1. The summed E-state index contributed by atoms with van der Waals surface area (Å²) >= 11 is 0. The molecule has 0 bridgehead atoms. The van der Waals surface area contributed by atoms with E-state index in [1.54, 1.807) is 7.11 Å². The van der Waals surface area contributed by atoms with Gasteiger partial charge in [-0.3, -0.25) is 4.79 Å². The molecule has 2 atom stereocenters. The van der Waals surface area contributed by atoms with Crippen LogP contribution in [0.5, 0.6) is 0 Å². The van der Waals surface area contributed by atoms with Crippen molar-refractivity contribution in [2.45, 2.75) is 82.1 Å². The van der Waals surface area contributed by atoms with Gasteiger partial charge in [-0.15, -0.1) is 0 Å². The number of nitrogens with zero attached hydrogens (tertiary/aromatic N) is 2. The predicted octanol–water partition coefficient (Wildman–Crippen LogP) is 2.05. The van der Waals surface area contributed by atoms with Gasteiger partial charge < -0.3 is 26.2 Å². The van der Waals surface area contributed by atoms with Crippen LogP contribution in [0.15, 0.2) is 6.20 Å². The van der Waals surface area contributed by atoms with Gasteiger partial charge in [0, 0.05) is 25.4 Å². The highest BCUT2D eigenvalue weighted by Crippen LogP contribution is 2.25. The number of primary amides is 1. The third-order valence-corrected chi connectivity index (χ3v) is 5.63. The summed E-state index contributed by atoms with van der Waals surface area (Å²) in [6, 6.07) is 0.365. The van der Waals surface area contributed by atoms with Gasteiger partial charge in [0.15, 0.2) is 0 Å². The van der Waals surface area contributed by atoms with E-state index >= 15 is 0 Å². The summed E-state index contributed by atoms with van der Waals surface area (Å²) in [5.74, 6) is 0.390. The van der Waals surface area contributed by atoms with E-state index in [0.717, 1.165) is 51.4 Å². The van der Waals surface area contributed by atoms with Crippen LogP contribution in [0.1, 0.15) is 68.1 Å². The molecule has 2 fully saturated rings. The van der Waals surface area contributed by atoms with E-state index in [2.05, 4.69) is 20.6 Å². The highest BCUT2D eigenvalue weighted by molar-refractivity contribution is 5.97. The summed E-state index contributed by atoms with van der Waals surface area (Å²) in [4.78, 5) is 20.6. The fourth-order valence-corrected chi connectivity index (χ4v) is 4.03. The highest BCUT2D eigenvalue weighted by atomic mass is 16.5. The lowest BCUT2D eigenvalue weighted by molar-refractivity contribution is 0.0681. The Bertz CT molecular complexity index is 634. The molecule has 8 heteroatoms. The van der Waals surface area contributed by atoms with Gasteiger partial charge in [0.2, 0.25) is 5.95 Å². The maximum Gasteiger partial charge on any atom is 0.254 e. The molecule has 3 rings (SSSR count). The number of rotatable bonds is 6. The Kier molecular flexibility index (Phi) is 6.84. The minimum Gasteiger partial charge on any atom is -0.393 e. The Hall–Kier alpha value is -1.93. The fourth-order valence-electron chi connectivity index (χ4n) is 4.03. The second-order valence-electron chi connectivity index (χ2n) is 7.69.